The first-order valence-electron chi connectivity index (χ1n) is 8.76. The fraction of sp³-hybridized carbons (Fsp3) is 0.0455. The van der Waals surface area contributed by atoms with Gasteiger partial charge >= 0.3 is 0 Å². The highest BCUT2D eigenvalue weighted by Gasteiger charge is 2.11. The number of sulfone groups is 1. The molecule has 0 saturated heterocycles. The number of nitrogens with zero attached hydrogens (tertiary/aromatic N) is 1. The maximum absolute atomic E-state index is 13.5. The van der Waals surface area contributed by atoms with Crippen molar-refractivity contribution in [2.45, 2.75) is 4.90 Å². The summed E-state index contributed by atoms with van der Waals surface area (Å²) < 4.78 is 36.6. The lowest BCUT2D eigenvalue weighted by Gasteiger charge is -2.05. The Kier molecular flexibility index (Phi) is 4.68. The zero-order valence-electron chi connectivity index (χ0n) is 15.4. The van der Waals surface area contributed by atoms with Crippen molar-refractivity contribution in [3.8, 4) is 39.4 Å². The van der Waals surface area contributed by atoms with Crippen LogP contribution in [0.15, 0.2) is 77.7 Å². The smallest absolute Gasteiger partial charge is 0.175 e. The third kappa shape index (κ3) is 3.90. The minimum atomic E-state index is -3.22. The zero-order chi connectivity index (χ0) is 20.6. The quantitative estimate of drug-likeness (QED) is 0.515. The van der Waals surface area contributed by atoms with Gasteiger partial charge in [-0.25, -0.2) is 12.8 Å². The van der Waals surface area contributed by atoms with E-state index in [2.05, 4.69) is 10.2 Å². The number of aromatic amines is 1. The summed E-state index contributed by atoms with van der Waals surface area (Å²) in [5.41, 5.74) is 4.19. The number of phenolic OH excluding ortho intramolecular Hbond substituents is 1. The summed E-state index contributed by atoms with van der Waals surface area (Å²) in [5.74, 6) is -0.477. The molecule has 5 nitrogen and oxygen atoms in total. The molecule has 7 heteroatoms. The Morgan fingerprint density at radius 1 is 0.862 bits per heavy atom. The Bertz CT molecular complexity index is 1280. The van der Waals surface area contributed by atoms with Gasteiger partial charge in [0.15, 0.2) is 9.84 Å². The van der Waals surface area contributed by atoms with Gasteiger partial charge in [-0.1, -0.05) is 36.4 Å². The van der Waals surface area contributed by atoms with Crippen molar-refractivity contribution in [1.82, 2.24) is 10.2 Å². The standard InChI is InChI=1S/C22H17FN2O3S/c1-29(27,28)18-9-6-15(7-10-18)14-2-4-16(5-3-14)20-13-21(25-24-20)19-12-17(23)8-11-22(19)26/h2-13,26H,1H3,(H,24,25). The number of H-pyrrole nitrogens is 1. The van der Waals surface area contributed by atoms with Crippen LogP contribution in [-0.2, 0) is 9.84 Å². The van der Waals surface area contributed by atoms with E-state index >= 15 is 0 Å². The summed E-state index contributed by atoms with van der Waals surface area (Å²) in [7, 11) is -3.22. The van der Waals surface area contributed by atoms with Gasteiger partial charge in [-0.05, 0) is 47.5 Å². The average molecular weight is 408 g/mol. The highest BCUT2D eigenvalue weighted by atomic mass is 32.2. The van der Waals surface area contributed by atoms with Gasteiger partial charge < -0.3 is 5.11 Å². The van der Waals surface area contributed by atoms with Crippen molar-refractivity contribution in [1.29, 1.82) is 0 Å². The molecule has 0 saturated carbocycles. The summed E-state index contributed by atoms with van der Waals surface area (Å²) >= 11 is 0. The molecule has 0 aliphatic carbocycles. The highest BCUT2D eigenvalue weighted by molar-refractivity contribution is 7.90. The second-order valence-electron chi connectivity index (χ2n) is 6.70. The van der Waals surface area contributed by atoms with Gasteiger partial charge in [-0.2, -0.15) is 5.10 Å². The number of nitrogens with one attached hydrogen (secondary N) is 1. The van der Waals surface area contributed by atoms with E-state index in [4.69, 9.17) is 0 Å². The maximum Gasteiger partial charge on any atom is 0.175 e. The fourth-order valence-electron chi connectivity index (χ4n) is 3.06. The second kappa shape index (κ2) is 7.18. The number of halogens is 1. The SMILES string of the molecule is CS(=O)(=O)c1ccc(-c2ccc(-c3cc(-c4cc(F)ccc4O)[nH]n3)cc2)cc1. The predicted molar refractivity (Wildman–Crippen MR) is 110 cm³/mol. The van der Waals surface area contributed by atoms with Crippen LogP contribution in [-0.4, -0.2) is 30.0 Å². The molecule has 1 aromatic heterocycles. The first-order valence-corrected chi connectivity index (χ1v) is 10.7. The normalized spacial score (nSPS) is 11.5. The van der Waals surface area contributed by atoms with Crippen molar-refractivity contribution in [3.05, 3.63) is 78.6 Å². The fourth-order valence-corrected chi connectivity index (χ4v) is 3.69. The minimum absolute atomic E-state index is 0.0329. The van der Waals surface area contributed by atoms with Crippen LogP contribution in [0.2, 0.25) is 0 Å². The van der Waals surface area contributed by atoms with Gasteiger partial charge in [0.25, 0.3) is 0 Å². The molecule has 0 atom stereocenters. The molecule has 4 rings (SSSR count). The third-order valence-corrected chi connectivity index (χ3v) is 5.75. The van der Waals surface area contributed by atoms with Gasteiger partial charge in [0.1, 0.15) is 11.6 Å². The van der Waals surface area contributed by atoms with E-state index in [1.54, 1.807) is 30.3 Å². The molecule has 0 bridgehead atoms. The van der Waals surface area contributed by atoms with Crippen LogP contribution in [0.25, 0.3) is 33.6 Å². The van der Waals surface area contributed by atoms with Crippen molar-refractivity contribution in [2.24, 2.45) is 0 Å². The molecule has 3 aromatic carbocycles. The van der Waals surface area contributed by atoms with E-state index in [1.165, 1.54) is 24.5 Å². The lowest BCUT2D eigenvalue weighted by atomic mass is 10.0. The molecule has 0 unspecified atom stereocenters. The first-order chi connectivity index (χ1) is 13.8. The Hall–Kier alpha value is -3.45. The Labute approximate surface area is 167 Å². The number of hydrogen-bond donors (Lipinski definition) is 2. The molecule has 0 spiro atoms. The largest absolute Gasteiger partial charge is 0.507 e. The molecule has 0 fully saturated rings. The lowest BCUT2D eigenvalue weighted by Crippen LogP contribution is -1.96. The molecular formula is C22H17FN2O3S. The molecule has 0 radical (unpaired) electrons. The number of rotatable bonds is 4. The predicted octanol–water partition coefficient (Wildman–Crippen LogP) is 4.66. The molecule has 4 aromatic rings. The van der Waals surface area contributed by atoms with E-state index in [1.807, 2.05) is 24.3 Å². The average Bonchev–Trinajstić information content (AvgIpc) is 3.19. The van der Waals surface area contributed by atoms with Crippen LogP contribution in [0.4, 0.5) is 4.39 Å². The second-order valence-corrected chi connectivity index (χ2v) is 8.72. The Morgan fingerprint density at radius 2 is 1.45 bits per heavy atom. The Balaban J connectivity index is 1.60. The zero-order valence-corrected chi connectivity index (χ0v) is 16.2. The summed E-state index contributed by atoms with van der Waals surface area (Å²) in [6.07, 6.45) is 1.18. The maximum atomic E-state index is 13.5. The molecule has 146 valence electrons. The molecule has 1 heterocycles. The summed E-state index contributed by atoms with van der Waals surface area (Å²) in [5, 5.41) is 17.0. The van der Waals surface area contributed by atoms with Crippen LogP contribution in [0.1, 0.15) is 0 Å². The first kappa shape index (κ1) is 18.9. The van der Waals surface area contributed by atoms with Crippen molar-refractivity contribution >= 4 is 9.84 Å². The molecule has 2 N–H and O–H groups in total. The van der Waals surface area contributed by atoms with E-state index in [9.17, 15) is 17.9 Å². The van der Waals surface area contributed by atoms with Crippen LogP contribution in [0.5, 0.6) is 5.75 Å². The van der Waals surface area contributed by atoms with Crippen LogP contribution in [0, 0.1) is 5.82 Å². The van der Waals surface area contributed by atoms with Gasteiger partial charge in [-0.15, -0.1) is 0 Å². The topological polar surface area (TPSA) is 83.0 Å². The molecule has 0 aliphatic heterocycles. The molecule has 29 heavy (non-hydrogen) atoms. The van der Waals surface area contributed by atoms with Gasteiger partial charge in [0.05, 0.1) is 16.3 Å². The van der Waals surface area contributed by atoms with Crippen molar-refractivity contribution < 1.29 is 17.9 Å². The van der Waals surface area contributed by atoms with E-state index in [0.717, 1.165) is 16.7 Å². The summed E-state index contributed by atoms with van der Waals surface area (Å²) in [6.45, 7) is 0. The number of aromatic hydroxyl groups is 1. The van der Waals surface area contributed by atoms with Crippen molar-refractivity contribution in [2.75, 3.05) is 6.26 Å². The number of phenols is 1. The highest BCUT2D eigenvalue weighted by Crippen LogP contribution is 2.31. The van der Waals surface area contributed by atoms with E-state index in [-0.39, 0.29) is 10.6 Å². The van der Waals surface area contributed by atoms with Crippen LogP contribution >= 0.6 is 0 Å². The van der Waals surface area contributed by atoms with Crippen LogP contribution in [0.3, 0.4) is 0 Å². The van der Waals surface area contributed by atoms with Crippen LogP contribution < -0.4 is 0 Å². The number of benzene rings is 3. The monoisotopic (exact) mass is 408 g/mol. The summed E-state index contributed by atoms with van der Waals surface area (Å²) in [4.78, 5) is 0.280. The van der Waals surface area contributed by atoms with Gasteiger partial charge in [0, 0.05) is 17.4 Å². The van der Waals surface area contributed by atoms with E-state index in [0.29, 0.717) is 17.0 Å². The molecule has 0 amide bonds. The van der Waals surface area contributed by atoms with Gasteiger partial charge in [0.2, 0.25) is 0 Å². The Morgan fingerprint density at radius 3 is 2.07 bits per heavy atom. The number of hydrogen-bond acceptors (Lipinski definition) is 4. The summed E-state index contributed by atoms with van der Waals surface area (Å²) in [6, 6.07) is 19.8. The van der Waals surface area contributed by atoms with Gasteiger partial charge in [-0.3, -0.25) is 5.10 Å². The minimum Gasteiger partial charge on any atom is -0.507 e. The van der Waals surface area contributed by atoms with Crippen molar-refractivity contribution in [3.63, 3.8) is 0 Å². The molecule has 0 aliphatic rings. The number of aromatic nitrogens is 2. The third-order valence-electron chi connectivity index (χ3n) is 4.62. The lowest BCUT2D eigenvalue weighted by molar-refractivity contribution is 0.475. The van der Waals surface area contributed by atoms with E-state index < -0.39 is 15.7 Å². The molecular weight excluding hydrogens is 391 g/mol.